The van der Waals surface area contributed by atoms with Crippen LogP contribution in [0.2, 0.25) is 0 Å². The SMILES string of the molecule is CCC[C@H]1[C@H](CO)ON(c2ccccc2)[C@]12C(=O)N(C)c1ccccc12. The van der Waals surface area contributed by atoms with Crippen LogP contribution < -0.4 is 9.96 Å². The van der Waals surface area contributed by atoms with Crippen LogP contribution in [0, 0.1) is 5.92 Å². The van der Waals surface area contributed by atoms with Crippen molar-refractivity contribution in [2.24, 2.45) is 5.92 Å². The van der Waals surface area contributed by atoms with Crippen molar-refractivity contribution in [2.75, 3.05) is 23.6 Å². The molecule has 136 valence electrons. The van der Waals surface area contributed by atoms with E-state index in [2.05, 4.69) is 6.92 Å². The van der Waals surface area contributed by atoms with Crippen molar-refractivity contribution in [2.45, 2.75) is 31.4 Å². The molecule has 0 saturated carbocycles. The number of para-hydroxylation sites is 2. The molecular weight excluding hydrogens is 328 g/mol. The van der Waals surface area contributed by atoms with Crippen molar-refractivity contribution in [3.05, 3.63) is 60.2 Å². The van der Waals surface area contributed by atoms with Crippen LogP contribution in [0.1, 0.15) is 25.3 Å². The van der Waals surface area contributed by atoms with Gasteiger partial charge in [0.2, 0.25) is 0 Å². The fraction of sp³-hybridized carbons (Fsp3) is 0.381. The van der Waals surface area contributed by atoms with Crippen molar-refractivity contribution in [3.63, 3.8) is 0 Å². The van der Waals surface area contributed by atoms with Gasteiger partial charge in [-0.05, 0) is 24.6 Å². The lowest BCUT2D eigenvalue weighted by Gasteiger charge is -2.36. The number of amides is 1. The summed E-state index contributed by atoms with van der Waals surface area (Å²) in [6.45, 7) is 1.98. The number of anilines is 2. The number of nitrogens with zero attached hydrogens (tertiary/aromatic N) is 2. The minimum absolute atomic E-state index is 0.00282. The fourth-order valence-electron chi connectivity index (χ4n) is 4.53. The lowest BCUT2D eigenvalue weighted by atomic mass is 9.74. The molecule has 26 heavy (non-hydrogen) atoms. The molecule has 2 aromatic rings. The topological polar surface area (TPSA) is 53.0 Å². The Morgan fingerprint density at radius 1 is 1.12 bits per heavy atom. The van der Waals surface area contributed by atoms with Crippen molar-refractivity contribution < 1.29 is 14.7 Å². The van der Waals surface area contributed by atoms with E-state index in [9.17, 15) is 9.90 Å². The van der Waals surface area contributed by atoms with Gasteiger partial charge in [0, 0.05) is 24.2 Å². The molecule has 1 saturated heterocycles. The Kier molecular flexibility index (Phi) is 4.21. The van der Waals surface area contributed by atoms with Crippen molar-refractivity contribution in [3.8, 4) is 0 Å². The molecule has 0 bridgehead atoms. The molecule has 3 atom stereocenters. The second-order valence-electron chi connectivity index (χ2n) is 7.00. The van der Waals surface area contributed by atoms with E-state index in [1.807, 2.05) is 61.6 Å². The summed E-state index contributed by atoms with van der Waals surface area (Å²) >= 11 is 0. The van der Waals surface area contributed by atoms with E-state index >= 15 is 0 Å². The fourth-order valence-corrected chi connectivity index (χ4v) is 4.53. The number of hydroxylamine groups is 1. The Bertz CT molecular complexity index is 810. The molecule has 2 aliphatic rings. The molecule has 5 heteroatoms. The zero-order chi connectivity index (χ0) is 18.3. The quantitative estimate of drug-likeness (QED) is 0.919. The van der Waals surface area contributed by atoms with E-state index in [0.29, 0.717) is 0 Å². The standard InChI is InChI=1S/C21H24N2O3/c1-3-9-17-19(14-24)26-23(15-10-5-4-6-11-15)21(17)16-12-7-8-13-18(16)22(2)20(21)25/h4-8,10-13,17,19,24H,3,9,14H2,1-2H3/t17-,19-,21-/m0/s1. The number of carbonyl (C=O) groups excluding carboxylic acids is 1. The molecule has 5 nitrogen and oxygen atoms in total. The summed E-state index contributed by atoms with van der Waals surface area (Å²) in [6, 6.07) is 17.6. The maximum atomic E-state index is 13.6. The monoisotopic (exact) mass is 352 g/mol. The number of rotatable bonds is 4. The van der Waals surface area contributed by atoms with Gasteiger partial charge in [-0.2, -0.15) is 0 Å². The van der Waals surface area contributed by atoms with Crippen molar-refractivity contribution >= 4 is 17.3 Å². The number of fused-ring (bicyclic) bond motifs is 2. The summed E-state index contributed by atoms with van der Waals surface area (Å²) in [5.41, 5.74) is 1.73. The van der Waals surface area contributed by atoms with Gasteiger partial charge in [-0.1, -0.05) is 49.7 Å². The summed E-state index contributed by atoms with van der Waals surface area (Å²) in [5, 5.41) is 11.7. The summed E-state index contributed by atoms with van der Waals surface area (Å²) in [6.07, 6.45) is 1.29. The summed E-state index contributed by atoms with van der Waals surface area (Å²) in [4.78, 5) is 21.6. The molecule has 1 amide bonds. The molecule has 1 N–H and O–H groups in total. The van der Waals surface area contributed by atoms with E-state index in [1.165, 1.54) is 0 Å². The minimum Gasteiger partial charge on any atom is -0.394 e. The molecule has 0 radical (unpaired) electrons. The third kappa shape index (κ3) is 2.14. The third-order valence-corrected chi connectivity index (χ3v) is 5.62. The molecule has 0 unspecified atom stereocenters. The predicted molar refractivity (Wildman–Crippen MR) is 101 cm³/mol. The van der Waals surface area contributed by atoms with Crippen LogP contribution in [-0.2, 0) is 15.2 Å². The van der Waals surface area contributed by atoms with Crippen LogP contribution in [0.15, 0.2) is 54.6 Å². The smallest absolute Gasteiger partial charge is 0.260 e. The van der Waals surface area contributed by atoms with Gasteiger partial charge >= 0.3 is 0 Å². The van der Waals surface area contributed by atoms with Crippen molar-refractivity contribution in [1.82, 2.24) is 0 Å². The predicted octanol–water partition coefficient (Wildman–Crippen LogP) is 3.09. The Labute approximate surface area is 153 Å². The Hall–Kier alpha value is -2.37. The number of hydrogen-bond donors (Lipinski definition) is 1. The molecule has 0 aliphatic carbocycles. The van der Waals surface area contributed by atoms with Gasteiger partial charge < -0.3 is 10.0 Å². The first-order valence-electron chi connectivity index (χ1n) is 9.16. The molecule has 1 spiro atoms. The average Bonchev–Trinajstić information content (AvgIpc) is 3.13. The first-order valence-corrected chi connectivity index (χ1v) is 9.16. The lowest BCUT2D eigenvalue weighted by molar-refractivity contribution is -0.124. The number of benzene rings is 2. The zero-order valence-corrected chi connectivity index (χ0v) is 15.1. The lowest BCUT2D eigenvalue weighted by Crippen LogP contribution is -2.52. The van der Waals surface area contributed by atoms with Crippen LogP contribution in [0.3, 0.4) is 0 Å². The molecule has 2 heterocycles. The first kappa shape index (κ1) is 17.1. The molecule has 2 aromatic carbocycles. The Morgan fingerprint density at radius 3 is 2.50 bits per heavy atom. The van der Waals surface area contributed by atoms with Crippen LogP contribution in [0.5, 0.6) is 0 Å². The summed E-state index contributed by atoms with van der Waals surface area (Å²) in [7, 11) is 1.81. The van der Waals surface area contributed by atoms with Gasteiger partial charge in [0.05, 0.1) is 12.3 Å². The molecule has 2 aliphatic heterocycles. The van der Waals surface area contributed by atoms with E-state index in [0.717, 1.165) is 29.8 Å². The third-order valence-electron chi connectivity index (χ3n) is 5.62. The van der Waals surface area contributed by atoms with Crippen molar-refractivity contribution in [1.29, 1.82) is 0 Å². The molecule has 4 rings (SSSR count). The van der Waals surface area contributed by atoms with E-state index in [4.69, 9.17) is 4.84 Å². The molecular formula is C21H24N2O3. The normalized spacial score (nSPS) is 27.4. The van der Waals surface area contributed by atoms with Gasteiger partial charge in [0.15, 0.2) is 5.54 Å². The number of likely N-dealkylation sites (N-methyl/N-ethyl adjacent to an activating group) is 1. The molecule has 0 aromatic heterocycles. The maximum absolute atomic E-state index is 13.6. The highest BCUT2D eigenvalue weighted by Gasteiger charge is 2.65. The van der Waals surface area contributed by atoms with Gasteiger partial charge in [-0.25, -0.2) is 5.06 Å². The van der Waals surface area contributed by atoms with Gasteiger partial charge in [-0.3, -0.25) is 9.63 Å². The largest absolute Gasteiger partial charge is 0.394 e. The van der Waals surface area contributed by atoms with Gasteiger partial charge in [0.1, 0.15) is 6.10 Å². The van der Waals surface area contributed by atoms with Crippen LogP contribution >= 0.6 is 0 Å². The number of hydrogen-bond acceptors (Lipinski definition) is 4. The number of aliphatic hydroxyl groups excluding tert-OH is 1. The zero-order valence-electron chi connectivity index (χ0n) is 15.1. The number of carbonyl (C=O) groups is 1. The van der Waals surface area contributed by atoms with E-state index in [1.54, 1.807) is 9.96 Å². The Morgan fingerprint density at radius 2 is 1.81 bits per heavy atom. The van der Waals surface area contributed by atoms with Crippen LogP contribution in [-0.4, -0.2) is 30.8 Å². The second kappa shape index (κ2) is 6.41. The minimum atomic E-state index is -0.948. The highest BCUT2D eigenvalue weighted by molar-refractivity contribution is 6.09. The maximum Gasteiger partial charge on any atom is 0.260 e. The van der Waals surface area contributed by atoms with Crippen LogP contribution in [0.25, 0.3) is 0 Å². The first-order chi connectivity index (χ1) is 12.7. The molecule has 1 fully saturated rings. The summed E-state index contributed by atoms with van der Waals surface area (Å²) < 4.78 is 0. The summed E-state index contributed by atoms with van der Waals surface area (Å²) in [5.74, 6) is -0.131. The van der Waals surface area contributed by atoms with Gasteiger partial charge in [-0.15, -0.1) is 0 Å². The van der Waals surface area contributed by atoms with Crippen LogP contribution in [0.4, 0.5) is 11.4 Å². The van der Waals surface area contributed by atoms with Gasteiger partial charge in [0.25, 0.3) is 5.91 Å². The average molecular weight is 352 g/mol. The van der Waals surface area contributed by atoms with E-state index in [-0.39, 0.29) is 18.4 Å². The highest BCUT2D eigenvalue weighted by atomic mass is 16.7. The van der Waals surface area contributed by atoms with E-state index < -0.39 is 11.6 Å². The Balaban J connectivity index is 1.97. The number of aliphatic hydroxyl groups is 1. The highest BCUT2D eigenvalue weighted by Crippen LogP contribution is 2.55. The second-order valence-corrected chi connectivity index (χ2v) is 7.00.